The van der Waals surface area contributed by atoms with Crippen LogP contribution in [-0.4, -0.2) is 72.8 Å². The molecule has 0 bridgehead atoms. The first kappa shape index (κ1) is 25.4. The number of methoxy groups -OCH3 is 1. The highest BCUT2D eigenvalue weighted by Gasteiger charge is 2.24. The van der Waals surface area contributed by atoms with Crippen molar-refractivity contribution < 1.29 is 9.13 Å². The molecule has 0 amide bonds. The molecule has 1 aliphatic heterocycles. The number of likely N-dealkylation sites (tertiary alicyclic amines) is 1. The molecule has 2 heterocycles. The zero-order valence-corrected chi connectivity index (χ0v) is 21.4. The lowest BCUT2D eigenvalue weighted by Gasteiger charge is -2.35. The first-order chi connectivity index (χ1) is 17.0. The van der Waals surface area contributed by atoms with Gasteiger partial charge in [0.25, 0.3) is 0 Å². The summed E-state index contributed by atoms with van der Waals surface area (Å²) in [5, 5.41) is 6.94. The second-order valence-corrected chi connectivity index (χ2v) is 9.91. The molecule has 1 aromatic carbocycles. The van der Waals surface area contributed by atoms with Crippen LogP contribution in [0.3, 0.4) is 0 Å². The second-order valence-electron chi connectivity index (χ2n) is 9.91. The van der Waals surface area contributed by atoms with E-state index in [0.717, 1.165) is 44.3 Å². The molecule has 1 saturated heterocycles. The standard InChI is InChI=1S/C26H40FN7O/c1-33-16-13-21(14-17-33)34(2)26-31-24(28-15-12-19-10-11-23(35-3)22(27)18-19)30-25(32-26)29-20-8-6-4-5-7-9-20/h10-11,18,20-21H,4-9,12-17H2,1-3H3,(H2,28,29,30,31,32). The van der Waals surface area contributed by atoms with Crippen LogP contribution in [0.5, 0.6) is 5.75 Å². The number of hydrogen-bond donors (Lipinski definition) is 2. The van der Waals surface area contributed by atoms with E-state index in [2.05, 4.69) is 34.5 Å². The monoisotopic (exact) mass is 485 g/mol. The second kappa shape index (κ2) is 12.3. The number of benzene rings is 1. The van der Waals surface area contributed by atoms with Crippen LogP contribution in [0.2, 0.25) is 0 Å². The summed E-state index contributed by atoms with van der Waals surface area (Å²) < 4.78 is 19.1. The minimum absolute atomic E-state index is 0.259. The first-order valence-electron chi connectivity index (χ1n) is 13.0. The van der Waals surface area contributed by atoms with E-state index in [1.54, 1.807) is 6.07 Å². The van der Waals surface area contributed by atoms with Crippen molar-refractivity contribution in [1.82, 2.24) is 19.9 Å². The highest BCUT2D eigenvalue weighted by atomic mass is 19.1. The Kier molecular flexibility index (Phi) is 8.95. The van der Waals surface area contributed by atoms with E-state index in [4.69, 9.17) is 19.7 Å². The van der Waals surface area contributed by atoms with Crippen LogP contribution in [0.25, 0.3) is 0 Å². The van der Waals surface area contributed by atoms with Gasteiger partial charge < -0.3 is 25.2 Å². The van der Waals surface area contributed by atoms with E-state index in [-0.39, 0.29) is 11.6 Å². The number of anilines is 3. The molecule has 9 heteroatoms. The van der Waals surface area contributed by atoms with E-state index in [0.29, 0.717) is 42.9 Å². The van der Waals surface area contributed by atoms with Gasteiger partial charge in [0.1, 0.15) is 0 Å². The summed E-state index contributed by atoms with van der Waals surface area (Å²) >= 11 is 0. The van der Waals surface area contributed by atoms with Crippen LogP contribution in [0, 0.1) is 5.82 Å². The topological polar surface area (TPSA) is 78.4 Å². The van der Waals surface area contributed by atoms with E-state index in [1.165, 1.54) is 38.9 Å². The minimum Gasteiger partial charge on any atom is -0.494 e. The Morgan fingerprint density at radius 3 is 2.43 bits per heavy atom. The number of hydrogen-bond acceptors (Lipinski definition) is 8. The number of ether oxygens (including phenoxy) is 1. The maximum atomic E-state index is 14.1. The third kappa shape index (κ3) is 7.16. The largest absolute Gasteiger partial charge is 0.494 e. The number of nitrogens with one attached hydrogen (secondary N) is 2. The maximum Gasteiger partial charge on any atom is 0.231 e. The van der Waals surface area contributed by atoms with Gasteiger partial charge >= 0.3 is 0 Å². The molecule has 2 aromatic rings. The Bertz CT molecular complexity index is 943. The Morgan fingerprint density at radius 1 is 1.03 bits per heavy atom. The molecule has 192 valence electrons. The summed E-state index contributed by atoms with van der Waals surface area (Å²) in [5.74, 6) is 1.81. The van der Waals surface area contributed by atoms with Crippen LogP contribution < -0.4 is 20.3 Å². The zero-order valence-electron chi connectivity index (χ0n) is 21.4. The van der Waals surface area contributed by atoms with Gasteiger partial charge in [-0.3, -0.25) is 0 Å². The van der Waals surface area contributed by atoms with Crippen molar-refractivity contribution in [1.29, 1.82) is 0 Å². The van der Waals surface area contributed by atoms with E-state index >= 15 is 0 Å². The third-order valence-electron chi connectivity index (χ3n) is 7.28. The fourth-order valence-corrected chi connectivity index (χ4v) is 5.00. The van der Waals surface area contributed by atoms with Gasteiger partial charge in [0.15, 0.2) is 11.6 Å². The fraction of sp³-hybridized carbons (Fsp3) is 0.654. The van der Waals surface area contributed by atoms with Gasteiger partial charge in [0.05, 0.1) is 7.11 Å². The smallest absolute Gasteiger partial charge is 0.231 e. The van der Waals surface area contributed by atoms with Crippen molar-refractivity contribution in [3.8, 4) is 5.75 Å². The van der Waals surface area contributed by atoms with Crippen LogP contribution in [0.4, 0.5) is 22.2 Å². The summed E-state index contributed by atoms with van der Waals surface area (Å²) in [6.45, 7) is 2.75. The van der Waals surface area contributed by atoms with Crippen LogP contribution in [-0.2, 0) is 6.42 Å². The minimum atomic E-state index is -0.345. The summed E-state index contributed by atoms with van der Waals surface area (Å²) in [5.41, 5.74) is 0.894. The van der Waals surface area contributed by atoms with Crippen molar-refractivity contribution in [2.45, 2.75) is 69.9 Å². The normalized spacial score (nSPS) is 18.2. The van der Waals surface area contributed by atoms with Crippen molar-refractivity contribution in [2.75, 3.05) is 56.4 Å². The van der Waals surface area contributed by atoms with Crippen molar-refractivity contribution >= 4 is 17.8 Å². The first-order valence-corrected chi connectivity index (χ1v) is 13.0. The van der Waals surface area contributed by atoms with Gasteiger partial charge in [-0.25, -0.2) is 4.39 Å². The quantitative estimate of drug-likeness (QED) is 0.508. The molecule has 0 atom stereocenters. The predicted molar refractivity (Wildman–Crippen MR) is 139 cm³/mol. The van der Waals surface area contributed by atoms with Gasteiger partial charge in [-0.1, -0.05) is 31.7 Å². The molecule has 1 saturated carbocycles. The SMILES string of the molecule is COc1ccc(CCNc2nc(NC3CCCCCC3)nc(N(C)C3CCN(C)CC3)n2)cc1F. The highest BCUT2D eigenvalue weighted by Crippen LogP contribution is 2.24. The summed E-state index contributed by atoms with van der Waals surface area (Å²) in [6, 6.07) is 5.88. The number of nitrogens with zero attached hydrogens (tertiary/aromatic N) is 5. The van der Waals surface area contributed by atoms with Gasteiger partial charge in [-0.05, 0) is 69.9 Å². The lowest BCUT2D eigenvalue weighted by Crippen LogP contribution is -2.42. The molecule has 0 spiro atoms. The summed E-state index contributed by atoms with van der Waals surface area (Å²) in [6.07, 6.45) is 10.2. The molecule has 1 aromatic heterocycles. The molecule has 2 aliphatic rings. The number of rotatable bonds is 9. The molecule has 0 radical (unpaired) electrons. The lowest BCUT2D eigenvalue weighted by molar-refractivity contribution is 0.252. The van der Waals surface area contributed by atoms with Gasteiger partial charge in [0.2, 0.25) is 17.8 Å². The van der Waals surface area contributed by atoms with Crippen LogP contribution in [0.1, 0.15) is 56.9 Å². The van der Waals surface area contributed by atoms with Gasteiger partial charge in [-0.2, -0.15) is 15.0 Å². The highest BCUT2D eigenvalue weighted by molar-refractivity contribution is 5.45. The van der Waals surface area contributed by atoms with Gasteiger partial charge in [0, 0.05) is 25.7 Å². The van der Waals surface area contributed by atoms with Crippen molar-refractivity contribution in [3.05, 3.63) is 29.6 Å². The average Bonchev–Trinajstić information content (AvgIpc) is 3.13. The third-order valence-corrected chi connectivity index (χ3v) is 7.28. The van der Waals surface area contributed by atoms with Gasteiger partial charge in [-0.15, -0.1) is 0 Å². The average molecular weight is 486 g/mol. The fourth-order valence-electron chi connectivity index (χ4n) is 5.00. The molecule has 2 fully saturated rings. The van der Waals surface area contributed by atoms with Crippen LogP contribution in [0.15, 0.2) is 18.2 Å². The maximum absolute atomic E-state index is 14.1. The Hall–Kier alpha value is -2.68. The number of piperidine rings is 1. The molecule has 35 heavy (non-hydrogen) atoms. The molecular weight excluding hydrogens is 445 g/mol. The number of halogens is 1. The van der Waals surface area contributed by atoms with Crippen LogP contribution >= 0.6 is 0 Å². The Balaban J connectivity index is 1.46. The molecule has 0 unspecified atom stereocenters. The van der Waals surface area contributed by atoms with E-state index in [9.17, 15) is 4.39 Å². The predicted octanol–water partition coefficient (Wildman–Crippen LogP) is 4.34. The molecule has 4 rings (SSSR count). The lowest BCUT2D eigenvalue weighted by atomic mass is 10.0. The van der Waals surface area contributed by atoms with E-state index in [1.807, 2.05) is 6.07 Å². The Labute approximate surface area is 208 Å². The number of aromatic nitrogens is 3. The molecule has 1 aliphatic carbocycles. The summed E-state index contributed by atoms with van der Waals surface area (Å²) in [7, 11) is 5.73. The molecule has 2 N–H and O–H groups in total. The van der Waals surface area contributed by atoms with Crippen molar-refractivity contribution in [3.63, 3.8) is 0 Å². The van der Waals surface area contributed by atoms with Crippen molar-refractivity contribution in [2.24, 2.45) is 0 Å². The van der Waals surface area contributed by atoms with E-state index < -0.39 is 0 Å². The summed E-state index contributed by atoms with van der Waals surface area (Å²) in [4.78, 5) is 18.9. The zero-order chi connectivity index (χ0) is 24.6. The Morgan fingerprint density at radius 2 is 1.74 bits per heavy atom. The molecular formula is C26H40FN7O. The molecule has 8 nitrogen and oxygen atoms in total.